The van der Waals surface area contributed by atoms with E-state index >= 15 is 0 Å². The van der Waals surface area contributed by atoms with Crippen molar-refractivity contribution >= 4 is 11.5 Å². The summed E-state index contributed by atoms with van der Waals surface area (Å²) < 4.78 is 0. The van der Waals surface area contributed by atoms with Gasteiger partial charge in [-0.3, -0.25) is 10.1 Å². The summed E-state index contributed by atoms with van der Waals surface area (Å²) in [5.74, 6) is 0.402. The number of hydrogen-bond donors (Lipinski definition) is 2. The van der Waals surface area contributed by atoms with E-state index in [0.29, 0.717) is 5.82 Å². The van der Waals surface area contributed by atoms with Crippen molar-refractivity contribution < 1.29 is 4.92 Å². The normalized spacial score (nSPS) is 14.9. The van der Waals surface area contributed by atoms with Gasteiger partial charge in [0.25, 0.3) is 5.69 Å². The Kier molecular flexibility index (Phi) is 2.66. The summed E-state index contributed by atoms with van der Waals surface area (Å²) in [5, 5.41) is 25.5. The minimum Gasteiger partial charge on any atom is -0.364 e. The van der Waals surface area contributed by atoms with Gasteiger partial charge >= 0.3 is 0 Å². The van der Waals surface area contributed by atoms with Gasteiger partial charge in [0.1, 0.15) is 23.6 Å². The molecular formula is C9H9N5O2. The second-order valence-electron chi connectivity index (χ2n) is 3.46. The molecule has 0 radical (unpaired) electrons. The maximum Gasteiger partial charge on any atom is 0.289 e. The molecule has 0 aromatic carbocycles. The van der Waals surface area contributed by atoms with Gasteiger partial charge in [0, 0.05) is 19.2 Å². The summed E-state index contributed by atoms with van der Waals surface area (Å²) in [6.07, 6.45) is 1.15. The summed E-state index contributed by atoms with van der Waals surface area (Å²) in [6, 6.07) is 3.36. The van der Waals surface area contributed by atoms with Crippen molar-refractivity contribution in [2.45, 2.75) is 6.04 Å². The molecule has 0 aliphatic carbocycles. The highest BCUT2D eigenvalue weighted by Crippen LogP contribution is 2.19. The first-order valence-corrected chi connectivity index (χ1v) is 4.72. The Bertz CT molecular complexity index is 463. The number of nitrogens with one attached hydrogen (secondary N) is 2. The quantitative estimate of drug-likeness (QED) is 0.557. The molecule has 1 aromatic heterocycles. The van der Waals surface area contributed by atoms with Crippen LogP contribution in [0.2, 0.25) is 0 Å². The molecule has 1 aliphatic rings. The molecule has 7 heteroatoms. The number of nitrogens with zero attached hydrogens (tertiary/aromatic N) is 3. The third-order valence-electron chi connectivity index (χ3n) is 2.33. The second kappa shape index (κ2) is 4.12. The van der Waals surface area contributed by atoms with Crippen LogP contribution in [0.25, 0.3) is 0 Å². The number of pyridine rings is 1. The molecule has 0 atom stereocenters. The molecule has 0 spiro atoms. The van der Waals surface area contributed by atoms with Crippen LogP contribution in [0.4, 0.5) is 11.5 Å². The average molecular weight is 219 g/mol. The number of nitro groups is 1. The van der Waals surface area contributed by atoms with Gasteiger partial charge < -0.3 is 10.6 Å². The van der Waals surface area contributed by atoms with Crippen molar-refractivity contribution in [1.82, 2.24) is 10.3 Å². The summed E-state index contributed by atoms with van der Waals surface area (Å²) in [6.45, 7) is 1.62. The highest BCUT2D eigenvalue weighted by Gasteiger charge is 2.19. The Morgan fingerprint density at radius 1 is 1.69 bits per heavy atom. The second-order valence-corrected chi connectivity index (χ2v) is 3.46. The molecule has 1 fully saturated rings. The van der Waals surface area contributed by atoms with Gasteiger partial charge in [0.05, 0.1) is 11.0 Å². The van der Waals surface area contributed by atoms with E-state index in [9.17, 15) is 10.1 Å². The van der Waals surface area contributed by atoms with E-state index < -0.39 is 4.92 Å². The lowest BCUT2D eigenvalue weighted by Gasteiger charge is -2.28. The lowest BCUT2D eigenvalue weighted by molar-refractivity contribution is -0.385. The molecule has 1 aliphatic heterocycles. The van der Waals surface area contributed by atoms with Crippen LogP contribution in [-0.4, -0.2) is 29.0 Å². The van der Waals surface area contributed by atoms with E-state index in [1.165, 1.54) is 6.07 Å². The van der Waals surface area contributed by atoms with Gasteiger partial charge in [-0.1, -0.05) is 0 Å². The number of hydrogen-bond acceptors (Lipinski definition) is 6. The largest absolute Gasteiger partial charge is 0.364 e. The minimum absolute atomic E-state index is 0.172. The summed E-state index contributed by atoms with van der Waals surface area (Å²) in [7, 11) is 0. The van der Waals surface area contributed by atoms with Gasteiger partial charge in [0.15, 0.2) is 0 Å². The Labute approximate surface area is 91.3 Å². The third kappa shape index (κ3) is 1.92. The van der Waals surface area contributed by atoms with Crippen LogP contribution >= 0.6 is 0 Å². The van der Waals surface area contributed by atoms with Crippen molar-refractivity contribution in [2.24, 2.45) is 0 Å². The maximum atomic E-state index is 10.5. The summed E-state index contributed by atoms with van der Waals surface area (Å²) in [5.41, 5.74) is 0.0231. The summed E-state index contributed by atoms with van der Waals surface area (Å²) in [4.78, 5) is 13.8. The molecule has 16 heavy (non-hydrogen) atoms. The molecule has 2 rings (SSSR count). The molecule has 0 saturated carbocycles. The van der Waals surface area contributed by atoms with Crippen LogP contribution in [0.15, 0.2) is 12.3 Å². The molecule has 7 nitrogen and oxygen atoms in total. The van der Waals surface area contributed by atoms with Gasteiger partial charge in [-0.05, 0) is 0 Å². The van der Waals surface area contributed by atoms with Crippen LogP contribution in [0, 0.1) is 21.4 Å². The van der Waals surface area contributed by atoms with E-state index in [4.69, 9.17) is 5.26 Å². The molecular weight excluding hydrogens is 210 g/mol. The van der Waals surface area contributed by atoms with E-state index in [1.807, 2.05) is 6.07 Å². The zero-order valence-electron chi connectivity index (χ0n) is 8.30. The lowest BCUT2D eigenvalue weighted by Crippen LogP contribution is -2.51. The van der Waals surface area contributed by atoms with E-state index in [0.717, 1.165) is 19.3 Å². The van der Waals surface area contributed by atoms with E-state index in [-0.39, 0.29) is 17.3 Å². The zero-order chi connectivity index (χ0) is 11.5. The third-order valence-corrected chi connectivity index (χ3v) is 2.33. The van der Waals surface area contributed by atoms with Crippen molar-refractivity contribution in [3.05, 3.63) is 27.9 Å². The molecule has 1 saturated heterocycles. The number of rotatable bonds is 3. The first kappa shape index (κ1) is 10.3. The fraction of sp³-hybridized carbons (Fsp3) is 0.333. The molecule has 2 heterocycles. The predicted molar refractivity (Wildman–Crippen MR) is 55.9 cm³/mol. The number of anilines is 1. The fourth-order valence-corrected chi connectivity index (χ4v) is 1.34. The van der Waals surface area contributed by atoms with Crippen molar-refractivity contribution in [2.75, 3.05) is 18.4 Å². The van der Waals surface area contributed by atoms with Crippen molar-refractivity contribution in [3.8, 4) is 6.07 Å². The van der Waals surface area contributed by atoms with Crippen LogP contribution in [0.3, 0.4) is 0 Å². The van der Waals surface area contributed by atoms with Gasteiger partial charge in [0.2, 0.25) is 0 Å². The topological polar surface area (TPSA) is 104 Å². The molecule has 2 N–H and O–H groups in total. The Morgan fingerprint density at radius 2 is 2.44 bits per heavy atom. The van der Waals surface area contributed by atoms with Gasteiger partial charge in [-0.2, -0.15) is 5.26 Å². The first-order chi connectivity index (χ1) is 7.70. The van der Waals surface area contributed by atoms with E-state index in [1.54, 1.807) is 0 Å². The van der Waals surface area contributed by atoms with Gasteiger partial charge in [-0.25, -0.2) is 4.98 Å². The Balaban J connectivity index is 2.24. The number of aromatic nitrogens is 1. The fourth-order valence-electron chi connectivity index (χ4n) is 1.34. The number of nitriles is 1. The smallest absolute Gasteiger partial charge is 0.289 e. The molecule has 1 aromatic rings. The van der Waals surface area contributed by atoms with Crippen LogP contribution < -0.4 is 10.6 Å². The maximum absolute atomic E-state index is 10.5. The monoisotopic (exact) mass is 219 g/mol. The summed E-state index contributed by atoms with van der Waals surface area (Å²) >= 11 is 0. The SMILES string of the molecule is N#Cc1cc([N+](=O)[O-])cnc1NC1CNC1. The van der Waals surface area contributed by atoms with Crippen LogP contribution in [0.1, 0.15) is 5.56 Å². The standard InChI is InChI=1S/C9H9N5O2/c10-2-6-1-8(14(15)16)5-12-9(6)13-7-3-11-4-7/h1,5,7,11H,3-4H2,(H,12,13). The van der Waals surface area contributed by atoms with Crippen molar-refractivity contribution in [3.63, 3.8) is 0 Å². The minimum atomic E-state index is -0.567. The highest BCUT2D eigenvalue weighted by molar-refractivity contribution is 5.56. The van der Waals surface area contributed by atoms with Crippen LogP contribution in [0.5, 0.6) is 0 Å². The van der Waals surface area contributed by atoms with E-state index in [2.05, 4.69) is 15.6 Å². The average Bonchev–Trinajstić information content (AvgIpc) is 2.23. The zero-order valence-corrected chi connectivity index (χ0v) is 8.30. The molecule has 82 valence electrons. The van der Waals surface area contributed by atoms with Gasteiger partial charge in [-0.15, -0.1) is 0 Å². The van der Waals surface area contributed by atoms with Crippen molar-refractivity contribution in [1.29, 1.82) is 5.26 Å². The first-order valence-electron chi connectivity index (χ1n) is 4.72. The predicted octanol–water partition coefficient (Wildman–Crippen LogP) is 0.245. The lowest BCUT2D eigenvalue weighted by atomic mass is 10.1. The molecule has 0 unspecified atom stereocenters. The highest BCUT2D eigenvalue weighted by atomic mass is 16.6. The molecule has 0 amide bonds. The Morgan fingerprint density at radius 3 is 2.94 bits per heavy atom. The van der Waals surface area contributed by atoms with Crippen LogP contribution in [-0.2, 0) is 0 Å². The Hall–Kier alpha value is -2.20. The molecule has 0 bridgehead atoms.